The summed E-state index contributed by atoms with van der Waals surface area (Å²) in [6, 6.07) is 1.09. The molecule has 0 amide bonds. The van der Waals surface area contributed by atoms with Gasteiger partial charge in [-0.25, -0.2) is 13.8 Å². The number of halogens is 3. The van der Waals surface area contributed by atoms with Gasteiger partial charge in [-0.2, -0.15) is 0 Å². The Bertz CT molecular complexity index is 398. The highest BCUT2D eigenvalue weighted by molar-refractivity contribution is 9.10. The Hall–Kier alpha value is -1.24. The lowest BCUT2D eigenvalue weighted by molar-refractivity contribution is -0.136. The summed E-state index contributed by atoms with van der Waals surface area (Å²) in [5.74, 6) is -1.23. The minimum atomic E-state index is -2.77. The van der Waals surface area contributed by atoms with Gasteiger partial charge in [0.15, 0.2) is 0 Å². The van der Waals surface area contributed by atoms with Crippen molar-refractivity contribution in [3.8, 4) is 0 Å². The molecule has 0 saturated carbocycles. The molecule has 0 unspecified atom stereocenters. The van der Waals surface area contributed by atoms with E-state index in [4.69, 9.17) is 10.8 Å². The summed E-state index contributed by atoms with van der Waals surface area (Å²) in [4.78, 5) is 14.0. The number of hydrogen-bond donors (Lipinski definition) is 2. The molecule has 0 aliphatic rings. The number of aliphatic carboxylic acids is 1. The summed E-state index contributed by atoms with van der Waals surface area (Å²) >= 11 is 2.95. The van der Waals surface area contributed by atoms with Crippen LogP contribution in [0.15, 0.2) is 10.5 Å². The normalized spacial score (nSPS) is 10.7. The number of carboxylic acid groups (broad SMARTS) is 1. The van der Waals surface area contributed by atoms with Crippen molar-refractivity contribution in [2.45, 2.75) is 12.8 Å². The summed E-state index contributed by atoms with van der Waals surface area (Å²) in [5.41, 5.74) is 4.74. The van der Waals surface area contributed by atoms with E-state index >= 15 is 0 Å². The van der Waals surface area contributed by atoms with Gasteiger partial charge in [-0.3, -0.25) is 4.79 Å². The van der Waals surface area contributed by atoms with Gasteiger partial charge in [0, 0.05) is 5.56 Å². The van der Waals surface area contributed by atoms with Crippen LogP contribution in [0.25, 0.3) is 0 Å². The van der Waals surface area contributed by atoms with E-state index < -0.39 is 24.4 Å². The second-order valence-electron chi connectivity index (χ2n) is 2.76. The zero-order valence-electron chi connectivity index (χ0n) is 7.38. The van der Waals surface area contributed by atoms with Crippen LogP contribution in [0.4, 0.5) is 14.6 Å². The zero-order valence-corrected chi connectivity index (χ0v) is 8.96. The first-order valence-corrected chi connectivity index (χ1v) is 4.66. The summed E-state index contributed by atoms with van der Waals surface area (Å²) in [6.07, 6.45) is -3.35. The van der Waals surface area contributed by atoms with Gasteiger partial charge in [-0.05, 0) is 22.0 Å². The van der Waals surface area contributed by atoms with Gasteiger partial charge in [-0.1, -0.05) is 0 Å². The zero-order chi connectivity index (χ0) is 11.6. The maximum Gasteiger partial charge on any atom is 0.309 e. The minimum absolute atomic E-state index is 0.00403. The number of nitrogens with zero attached hydrogens (tertiary/aromatic N) is 1. The molecule has 4 nitrogen and oxygen atoms in total. The number of nitrogens with two attached hydrogens (primary N) is 1. The molecular weight excluding hydrogens is 274 g/mol. The molecular formula is C8H7BrF2N2O2. The highest BCUT2D eigenvalue weighted by atomic mass is 79.9. The first-order chi connectivity index (χ1) is 6.91. The van der Waals surface area contributed by atoms with E-state index in [2.05, 4.69) is 20.9 Å². The van der Waals surface area contributed by atoms with Crippen molar-refractivity contribution < 1.29 is 18.7 Å². The molecule has 0 atom stereocenters. The van der Waals surface area contributed by atoms with Crippen LogP contribution < -0.4 is 5.73 Å². The van der Waals surface area contributed by atoms with Crippen molar-refractivity contribution in [2.75, 3.05) is 5.73 Å². The van der Waals surface area contributed by atoms with E-state index in [1.54, 1.807) is 0 Å². The average molecular weight is 281 g/mol. The summed E-state index contributed by atoms with van der Waals surface area (Å²) in [6.45, 7) is 0. The maximum atomic E-state index is 12.5. The van der Waals surface area contributed by atoms with Crippen LogP contribution in [0.3, 0.4) is 0 Å². The predicted molar refractivity (Wildman–Crippen MR) is 52.6 cm³/mol. The largest absolute Gasteiger partial charge is 0.481 e. The van der Waals surface area contributed by atoms with Crippen LogP contribution in [0.1, 0.15) is 17.7 Å². The fourth-order valence-electron chi connectivity index (χ4n) is 1.03. The van der Waals surface area contributed by atoms with E-state index in [0.29, 0.717) is 0 Å². The number of aromatic nitrogens is 1. The van der Waals surface area contributed by atoms with Crippen LogP contribution in [-0.2, 0) is 11.2 Å². The lowest BCUT2D eigenvalue weighted by Gasteiger charge is -2.08. The number of carbonyl (C=O) groups is 1. The minimum Gasteiger partial charge on any atom is -0.481 e. The molecule has 1 heterocycles. The molecule has 82 valence electrons. The molecule has 0 aliphatic carbocycles. The Morgan fingerprint density at radius 3 is 2.73 bits per heavy atom. The van der Waals surface area contributed by atoms with Crippen molar-refractivity contribution in [2.24, 2.45) is 0 Å². The fourth-order valence-corrected chi connectivity index (χ4v) is 1.37. The Morgan fingerprint density at radius 2 is 2.27 bits per heavy atom. The Kier molecular flexibility index (Phi) is 3.57. The first-order valence-electron chi connectivity index (χ1n) is 3.86. The number of pyridine rings is 1. The van der Waals surface area contributed by atoms with Crippen LogP contribution in [-0.4, -0.2) is 16.1 Å². The van der Waals surface area contributed by atoms with Crippen molar-refractivity contribution >= 4 is 27.7 Å². The van der Waals surface area contributed by atoms with Crippen LogP contribution in [0, 0.1) is 0 Å². The third-order valence-electron chi connectivity index (χ3n) is 1.67. The average Bonchev–Trinajstić information content (AvgIpc) is 2.09. The van der Waals surface area contributed by atoms with Crippen molar-refractivity contribution in [3.63, 3.8) is 0 Å². The van der Waals surface area contributed by atoms with Crippen molar-refractivity contribution in [3.05, 3.63) is 21.8 Å². The maximum absolute atomic E-state index is 12.5. The third kappa shape index (κ3) is 2.85. The van der Waals surface area contributed by atoms with Gasteiger partial charge in [0.25, 0.3) is 6.43 Å². The SMILES string of the molecule is Nc1nc(CC(=O)O)c(C(F)F)cc1Br. The van der Waals surface area contributed by atoms with E-state index in [0.717, 1.165) is 6.07 Å². The quantitative estimate of drug-likeness (QED) is 0.888. The van der Waals surface area contributed by atoms with Gasteiger partial charge in [0.2, 0.25) is 0 Å². The Morgan fingerprint density at radius 1 is 1.67 bits per heavy atom. The molecule has 3 N–H and O–H groups in total. The first kappa shape index (κ1) is 11.8. The lowest BCUT2D eigenvalue weighted by atomic mass is 10.1. The van der Waals surface area contributed by atoms with Crippen LogP contribution in [0.2, 0.25) is 0 Å². The highest BCUT2D eigenvalue weighted by Crippen LogP contribution is 2.28. The molecule has 7 heteroatoms. The number of anilines is 1. The fraction of sp³-hybridized carbons (Fsp3) is 0.250. The lowest BCUT2D eigenvalue weighted by Crippen LogP contribution is -2.08. The predicted octanol–water partition coefficient (Wildman–Crippen LogP) is 1.99. The molecule has 0 aromatic carbocycles. The molecule has 0 saturated heterocycles. The van der Waals surface area contributed by atoms with E-state index in [-0.39, 0.29) is 16.0 Å². The smallest absolute Gasteiger partial charge is 0.309 e. The monoisotopic (exact) mass is 280 g/mol. The topological polar surface area (TPSA) is 76.2 Å². The van der Waals surface area contributed by atoms with Gasteiger partial charge in [0.1, 0.15) is 5.82 Å². The third-order valence-corrected chi connectivity index (χ3v) is 2.30. The molecule has 0 fully saturated rings. The number of hydrogen-bond acceptors (Lipinski definition) is 3. The number of rotatable bonds is 3. The molecule has 0 spiro atoms. The molecule has 1 aromatic heterocycles. The Balaban J connectivity index is 3.21. The van der Waals surface area contributed by atoms with Crippen LogP contribution in [0.5, 0.6) is 0 Å². The second-order valence-corrected chi connectivity index (χ2v) is 3.62. The number of nitrogen functional groups attached to an aromatic ring is 1. The van der Waals surface area contributed by atoms with Gasteiger partial charge < -0.3 is 10.8 Å². The molecule has 0 aliphatic heterocycles. The molecule has 15 heavy (non-hydrogen) atoms. The summed E-state index contributed by atoms with van der Waals surface area (Å²) in [5, 5.41) is 8.50. The molecule has 0 bridgehead atoms. The van der Waals surface area contributed by atoms with Gasteiger partial charge in [-0.15, -0.1) is 0 Å². The molecule has 0 radical (unpaired) electrons. The van der Waals surface area contributed by atoms with Crippen molar-refractivity contribution in [1.29, 1.82) is 0 Å². The van der Waals surface area contributed by atoms with E-state index in [9.17, 15) is 13.6 Å². The van der Waals surface area contributed by atoms with Crippen molar-refractivity contribution in [1.82, 2.24) is 4.98 Å². The second kappa shape index (κ2) is 4.52. The summed E-state index contributed by atoms with van der Waals surface area (Å²) in [7, 11) is 0. The van der Waals surface area contributed by atoms with Crippen LogP contribution >= 0.6 is 15.9 Å². The molecule has 1 rings (SSSR count). The highest BCUT2D eigenvalue weighted by Gasteiger charge is 2.18. The van der Waals surface area contributed by atoms with E-state index in [1.165, 1.54) is 0 Å². The Labute approximate surface area is 92.2 Å². The van der Waals surface area contributed by atoms with E-state index in [1.807, 2.05) is 0 Å². The standard InChI is InChI=1S/C8H7BrF2N2O2/c9-4-1-3(7(10)11)5(2-6(14)15)13-8(4)12/h1,7H,2H2,(H2,12,13)(H,14,15). The molecule has 1 aromatic rings. The number of alkyl halides is 2. The van der Waals surface area contributed by atoms with Gasteiger partial charge >= 0.3 is 5.97 Å². The number of carboxylic acids is 1. The summed E-state index contributed by atoms with van der Waals surface area (Å²) < 4.78 is 25.2. The van der Waals surface area contributed by atoms with Gasteiger partial charge in [0.05, 0.1) is 16.6 Å².